The third-order valence-electron chi connectivity index (χ3n) is 4.14. The fourth-order valence-corrected chi connectivity index (χ4v) is 3.87. The minimum atomic E-state index is -0.497. The smallest absolute Gasteiger partial charge is 0.238 e. The first-order chi connectivity index (χ1) is 12.0. The molecule has 0 fully saturated rings. The summed E-state index contributed by atoms with van der Waals surface area (Å²) >= 11 is 1.42. The predicted octanol–water partition coefficient (Wildman–Crippen LogP) is 3.69. The highest BCUT2D eigenvalue weighted by Crippen LogP contribution is 2.38. The average Bonchev–Trinajstić information content (AvgIpc) is 2.60. The van der Waals surface area contributed by atoms with Crippen LogP contribution in [0.25, 0.3) is 0 Å². The van der Waals surface area contributed by atoms with Crippen LogP contribution >= 0.6 is 11.8 Å². The second kappa shape index (κ2) is 7.19. The van der Waals surface area contributed by atoms with Gasteiger partial charge in [0.1, 0.15) is 5.75 Å². The van der Waals surface area contributed by atoms with Crippen molar-refractivity contribution in [3.63, 3.8) is 0 Å². The molecule has 1 aliphatic heterocycles. The van der Waals surface area contributed by atoms with E-state index in [1.165, 1.54) is 11.8 Å². The van der Waals surface area contributed by atoms with E-state index in [2.05, 4.69) is 10.6 Å². The molecule has 0 saturated carbocycles. The number of amides is 2. The lowest BCUT2D eigenvalue weighted by Gasteiger charge is -2.27. The lowest BCUT2D eigenvalue weighted by atomic mass is 10.0. The lowest BCUT2D eigenvalue weighted by Crippen LogP contribution is -2.39. The number of hydrogen-bond donors (Lipinski definition) is 2. The van der Waals surface area contributed by atoms with Gasteiger partial charge in [0.15, 0.2) is 0 Å². The van der Waals surface area contributed by atoms with Crippen molar-refractivity contribution < 1.29 is 14.3 Å². The number of ether oxygens (including phenoxy) is 1. The highest BCUT2D eigenvalue weighted by molar-refractivity contribution is 8.01. The number of benzene rings is 2. The van der Waals surface area contributed by atoms with Gasteiger partial charge in [-0.1, -0.05) is 25.1 Å². The van der Waals surface area contributed by atoms with Gasteiger partial charge in [0.25, 0.3) is 0 Å². The van der Waals surface area contributed by atoms with Crippen molar-refractivity contribution in [1.82, 2.24) is 0 Å². The minimum Gasteiger partial charge on any atom is -0.495 e. The molecule has 0 aromatic heterocycles. The summed E-state index contributed by atoms with van der Waals surface area (Å²) in [6, 6.07) is 13.2. The van der Waals surface area contributed by atoms with Crippen molar-refractivity contribution in [2.24, 2.45) is 5.92 Å². The number of anilines is 2. The maximum Gasteiger partial charge on any atom is 0.238 e. The van der Waals surface area contributed by atoms with E-state index in [0.717, 1.165) is 16.1 Å². The number of fused-ring (bicyclic) bond motifs is 1. The van der Waals surface area contributed by atoms with Crippen LogP contribution in [0.15, 0.2) is 47.4 Å². The normalized spacial score (nSPS) is 17.2. The van der Waals surface area contributed by atoms with Crippen molar-refractivity contribution in [2.75, 3.05) is 17.7 Å². The molecule has 0 radical (unpaired) electrons. The van der Waals surface area contributed by atoms with Crippen LogP contribution in [-0.4, -0.2) is 24.2 Å². The van der Waals surface area contributed by atoms with Crippen LogP contribution in [0.4, 0.5) is 11.4 Å². The summed E-state index contributed by atoms with van der Waals surface area (Å²) < 4.78 is 5.29. The molecule has 5 nitrogen and oxygen atoms in total. The summed E-state index contributed by atoms with van der Waals surface area (Å²) in [7, 11) is 1.56. The Morgan fingerprint density at radius 1 is 1.28 bits per heavy atom. The van der Waals surface area contributed by atoms with E-state index in [9.17, 15) is 9.59 Å². The van der Waals surface area contributed by atoms with Gasteiger partial charge in [0, 0.05) is 4.90 Å². The van der Waals surface area contributed by atoms with Crippen LogP contribution in [0.2, 0.25) is 0 Å². The van der Waals surface area contributed by atoms with E-state index in [0.29, 0.717) is 11.4 Å². The molecular formula is C19H20N2O3S. The zero-order valence-corrected chi connectivity index (χ0v) is 15.1. The summed E-state index contributed by atoms with van der Waals surface area (Å²) in [4.78, 5) is 26.1. The molecule has 2 aromatic rings. The highest BCUT2D eigenvalue weighted by atomic mass is 32.2. The summed E-state index contributed by atoms with van der Waals surface area (Å²) in [6.07, 6.45) is 0. The topological polar surface area (TPSA) is 67.4 Å². The van der Waals surface area contributed by atoms with E-state index >= 15 is 0 Å². The van der Waals surface area contributed by atoms with Crippen molar-refractivity contribution in [1.29, 1.82) is 0 Å². The van der Waals surface area contributed by atoms with Gasteiger partial charge in [-0.2, -0.15) is 0 Å². The van der Waals surface area contributed by atoms with Crippen molar-refractivity contribution >= 4 is 35.0 Å². The van der Waals surface area contributed by atoms with Gasteiger partial charge in [0.2, 0.25) is 11.8 Å². The summed E-state index contributed by atoms with van der Waals surface area (Å²) in [6.45, 7) is 3.71. The second-order valence-corrected chi connectivity index (χ2v) is 7.19. The number of methoxy groups -OCH3 is 1. The van der Waals surface area contributed by atoms with E-state index in [1.807, 2.05) is 49.4 Å². The first-order valence-corrected chi connectivity index (χ1v) is 8.89. The quantitative estimate of drug-likeness (QED) is 0.877. The third kappa shape index (κ3) is 3.64. The zero-order chi connectivity index (χ0) is 18.0. The number of nitrogens with one attached hydrogen (secondary N) is 2. The van der Waals surface area contributed by atoms with Crippen LogP contribution in [0, 0.1) is 12.8 Å². The third-order valence-corrected chi connectivity index (χ3v) is 5.62. The number of aryl methyl sites for hydroxylation is 1. The van der Waals surface area contributed by atoms with Gasteiger partial charge in [0.05, 0.1) is 29.7 Å². The van der Waals surface area contributed by atoms with E-state index < -0.39 is 11.2 Å². The van der Waals surface area contributed by atoms with E-state index in [-0.39, 0.29) is 11.8 Å². The van der Waals surface area contributed by atoms with Crippen molar-refractivity contribution in [3.8, 4) is 5.75 Å². The van der Waals surface area contributed by atoms with E-state index in [1.54, 1.807) is 14.0 Å². The standard InChI is InChI=1S/C19H20N2O3S/c1-11-8-9-15(24-3)14(10-11)21-18(22)12(2)17-19(23)20-13-6-4-5-7-16(13)25-17/h4-10,12,17H,1-3H3,(H,20,23)(H,21,22)/t12-,17-/m0/s1. The first kappa shape index (κ1) is 17.4. The molecule has 0 spiro atoms. The molecule has 0 unspecified atom stereocenters. The van der Waals surface area contributed by atoms with Crippen LogP contribution in [0.1, 0.15) is 12.5 Å². The van der Waals surface area contributed by atoms with Crippen molar-refractivity contribution in [3.05, 3.63) is 48.0 Å². The van der Waals surface area contributed by atoms with E-state index in [4.69, 9.17) is 4.74 Å². The molecule has 25 heavy (non-hydrogen) atoms. The first-order valence-electron chi connectivity index (χ1n) is 8.01. The van der Waals surface area contributed by atoms with Gasteiger partial charge < -0.3 is 15.4 Å². The number of carbonyl (C=O) groups excluding carboxylic acids is 2. The molecule has 1 aliphatic rings. The second-order valence-electron chi connectivity index (χ2n) is 6.01. The highest BCUT2D eigenvalue weighted by Gasteiger charge is 2.35. The van der Waals surface area contributed by atoms with Gasteiger partial charge in [-0.3, -0.25) is 9.59 Å². The molecule has 6 heteroatoms. The number of carbonyl (C=O) groups is 2. The Balaban J connectivity index is 1.77. The summed E-state index contributed by atoms with van der Waals surface area (Å²) in [5.41, 5.74) is 2.42. The molecule has 2 aromatic carbocycles. The summed E-state index contributed by atoms with van der Waals surface area (Å²) in [5.74, 6) is -0.265. The van der Waals surface area contributed by atoms with Gasteiger partial charge >= 0.3 is 0 Å². The number of para-hydroxylation sites is 1. The van der Waals surface area contributed by atoms with Crippen LogP contribution in [0.3, 0.4) is 0 Å². The van der Waals surface area contributed by atoms with Crippen LogP contribution in [0.5, 0.6) is 5.75 Å². The molecule has 130 valence electrons. The van der Waals surface area contributed by atoms with Gasteiger partial charge in [-0.25, -0.2) is 0 Å². The number of thioether (sulfide) groups is 1. The SMILES string of the molecule is COc1ccc(C)cc1NC(=O)[C@@H](C)[C@@H]1Sc2ccccc2NC1=O. The molecule has 2 atom stereocenters. The van der Waals surface area contributed by atoms with Gasteiger partial charge in [-0.15, -0.1) is 11.8 Å². The molecule has 2 N–H and O–H groups in total. The fourth-order valence-electron chi connectivity index (χ4n) is 2.70. The molecule has 0 aliphatic carbocycles. The molecule has 2 amide bonds. The van der Waals surface area contributed by atoms with Crippen LogP contribution in [-0.2, 0) is 9.59 Å². The molecule has 0 saturated heterocycles. The Morgan fingerprint density at radius 2 is 2.04 bits per heavy atom. The molecule has 3 rings (SSSR count). The largest absolute Gasteiger partial charge is 0.495 e. The maximum atomic E-state index is 12.7. The Morgan fingerprint density at radius 3 is 2.80 bits per heavy atom. The zero-order valence-electron chi connectivity index (χ0n) is 14.3. The monoisotopic (exact) mass is 356 g/mol. The van der Waals surface area contributed by atoms with Crippen LogP contribution < -0.4 is 15.4 Å². The minimum absolute atomic E-state index is 0.150. The Hall–Kier alpha value is -2.47. The lowest BCUT2D eigenvalue weighted by molar-refractivity contribution is -0.123. The fraction of sp³-hybridized carbons (Fsp3) is 0.263. The maximum absolute atomic E-state index is 12.7. The Labute approximate surface area is 151 Å². The summed E-state index contributed by atoms with van der Waals surface area (Å²) in [5, 5.41) is 5.28. The predicted molar refractivity (Wildman–Crippen MR) is 100 cm³/mol. The van der Waals surface area contributed by atoms with Crippen molar-refractivity contribution in [2.45, 2.75) is 24.0 Å². The molecule has 1 heterocycles. The Bertz CT molecular complexity index is 822. The average molecular weight is 356 g/mol. The molecule has 0 bridgehead atoms. The number of hydrogen-bond acceptors (Lipinski definition) is 4. The Kier molecular flexibility index (Phi) is 4.99. The number of rotatable bonds is 4. The molecular weight excluding hydrogens is 336 g/mol. The van der Waals surface area contributed by atoms with Gasteiger partial charge in [-0.05, 0) is 36.8 Å².